The quantitative estimate of drug-likeness (QED) is 0.162. The van der Waals surface area contributed by atoms with Gasteiger partial charge in [-0.2, -0.15) is 0 Å². The van der Waals surface area contributed by atoms with Gasteiger partial charge in [0.2, 0.25) is 0 Å². The van der Waals surface area contributed by atoms with Gasteiger partial charge in [0.25, 0.3) is 0 Å². The lowest BCUT2D eigenvalue weighted by atomic mass is 9.96. The van der Waals surface area contributed by atoms with Crippen LogP contribution in [0.4, 0.5) is 17.1 Å². The van der Waals surface area contributed by atoms with Gasteiger partial charge in [-0.05, 0) is 99.4 Å². The zero-order chi connectivity index (χ0) is 35.8. The minimum atomic E-state index is 1.09. The highest BCUT2D eigenvalue weighted by molar-refractivity contribution is 6.22. The summed E-state index contributed by atoms with van der Waals surface area (Å²) in [5.41, 5.74) is 14.0. The molecule has 0 spiro atoms. The predicted molar refractivity (Wildman–Crippen MR) is 229 cm³/mol. The van der Waals surface area contributed by atoms with Gasteiger partial charge in [0.15, 0.2) is 0 Å². The molecule has 10 aromatic rings. The number of hydrogen-bond acceptors (Lipinski definition) is 1. The maximum Gasteiger partial charge on any atom is 0.0619 e. The van der Waals surface area contributed by atoms with Crippen LogP contribution in [0.5, 0.6) is 0 Å². The Morgan fingerprint density at radius 1 is 0.333 bits per heavy atom. The van der Waals surface area contributed by atoms with Gasteiger partial charge in [-0.1, -0.05) is 158 Å². The van der Waals surface area contributed by atoms with Gasteiger partial charge in [-0.25, -0.2) is 0 Å². The van der Waals surface area contributed by atoms with E-state index >= 15 is 0 Å². The van der Waals surface area contributed by atoms with Crippen LogP contribution in [0, 0.1) is 0 Å². The number of rotatable bonds is 7. The van der Waals surface area contributed by atoms with Gasteiger partial charge in [0.1, 0.15) is 0 Å². The summed E-state index contributed by atoms with van der Waals surface area (Å²) < 4.78 is 2.44. The Bertz CT molecular complexity index is 2850. The van der Waals surface area contributed by atoms with Crippen LogP contribution < -0.4 is 4.90 Å². The molecule has 254 valence electrons. The summed E-state index contributed by atoms with van der Waals surface area (Å²) in [5, 5.41) is 4.98. The summed E-state index contributed by atoms with van der Waals surface area (Å²) in [6.45, 7) is 0. The van der Waals surface area contributed by atoms with Gasteiger partial charge in [0, 0.05) is 38.9 Å². The lowest BCUT2D eigenvalue weighted by Crippen LogP contribution is -2.10. The van der Waals surface area contributed by atoms with E-state index in [-0.39, 0.29) is 0 Å². The molecule has 0 atom stereocenters. The smallest absolute Gasteiger partial charge is 0.0619 e. The van der Waals surface area contributed by atoms with E-state index in [1.807, 2.05) is 0 Å². The van der Waals surface area contributed by atoms with E-state index in [1.54, 1.807) is 0 Å². The first-order chi connectivity index (χ1) is 26.8. The number of aromatic nitrogens is 1. The molecule has 0 radical (unpaired) electrons. The number of para-hydroxylation sites is 2. The standard InChI is InChI=1S/C52H36N2/c1-5-17-37(18-6-1)41-33-42(38-19-7-2-8-20-38)36-46(35-41)53(43-23-9-3-10-24-43)45-27-15-22-40(34-45)47-29-16-30-50-51(47)49-32-31-39-21-13-14-28-48(39)52(49)54(50)44-25-11-4-12-26-44/h1-36H. The van der Waals surface area contributed by atoms with Crippen LogP contribution in [0.25, 0.3) is 71.6 Å². The highest BCUT2D eigenvalue weighted by Crippen LogP contribution is 2.44. The van der Waals surface area contributed by atoms with Crippen LogP contribution in [0.1, 0.15) is 0 Å². The van der Waals surface area contributed by atoms with Crippen molar-refractivity contribution in [3.8, 4) is 39.1 Å². The second kappa shape index (κ2) is 13.4. The highest BCUT2D eigenvalue weighted by atomic mass is 15.1. The Morgan fingerprint density at radius 3 is 1.59 bits per heavy atom. The Kier molecular flexibility index (Phi) is 7.85. The van der Waals surface area contributed by atoms with Crippen molar-refractivity contribution in [2.75, 3.05) is 4.90 Å². The number of benzene rings is 9. The molecule has 10 rings (SSSR count). The first kappa shape index (κ1) is 31.6. The maximum atomic E-state index is 2.44. The fourth-order valence-corrected chi connectivity index (χ4v) is 8.09. The van der Waals surface area contributed by atoms with Crippen molar-refractivity contribution in [1.82, 2.24) is 4.57 Å². The molecule has 0 saturated heterocycles. The molecule has 0 fully saturated rings. The summed E-state index contributed by atoms with van der Waals surface area (Å²) in [5.74, 6) is 0. The van der Waals surface area contributed by atoms with E-state index in [1.165, 1.54) is 66.0 Å². The summed E-state index contributed by atoms with van der Waals surface area (Å²) >= 11 is 0. The molecule has 0 aliphatic rings. The maximum absolute atomic E-state index is 2.44. The second-order valence-corrected chi connectivity index (χ2v) is 13.8. The van der Waals surface area contributed by atoms with Crippen molar-refractivity contribution in [3.63, 3.8) is 0 Å². The van der Waals surface area contributed by atoms with Crippen LogP contribution in [0.15, 0.2) is 218 Å². The molecule has 0 aliphatic heterocycles. The van der Waals surface area contributed by atoms with Crippen LogP contribution in [-0.2, 0) is 0 Å². The van der Waals surface area contributed by atoms with E-state index in [0.29, 0.717) is 0 Å². The van der Waals surface area contributed by atoms with E-state index in [2.05, 4.69) is 228 Å². The van der Waals surface area contributed by atoms with Crippen molar-refractivity contribution in [1.29, 1.82) is 0 Å². The molecule has 0 saturated carbocycles. The van der Waals surface area contributed by atoms with Gasteiger partial charge >= 0.3 is 0 Å². The van der Waals surface area contributed by atoms with Gasteiger partial charge in [-0.15, -0.1) is 0 Å². The molecule has 9 aromatic carbocycles. The topological polar surface area (TPSA) is 8.17 Å². The summed E-state index contributed by atoms with van der Waals surface area (Å²) in [6, 6.07) is 78.9. The van der Waals surface area contributed by atoms with Gasteiger partial charge in [-0.3, -0.25) is 0 Å². The van der Waals surface area contributed by atoms with E-state index in [4.69, 9.17) is 0 Å². The van der Waals surface area contributed by atoms with Crippen LogP contribution in [0.3, 0.4) is 0 Å². The highest BCUT2D eigenvalue weighted by Gasteiger charge is 2.20. The third-order valence-corrected chi connectivity index (χ3v) is 10.5. The number of nitrogens with zero attached hydrogens (tertiary/aromatic N) is 2. The number of fused-ring (bicyclic) bond motifs is 5. The molecule has 0 amide bonds. The molecular weight excluding hydrogens is 653 g/mol. The van der Waals surface area contributed by atoms with Crippen molar-refractivity contribution < 1.29 is 0 Å². The minimum absolute atomic E-state index is 1.09. The zero-order valence-electron chi connectivity index (χ0n) is 29.7. The fourth-order valence-electron chi connectivity index (χ4n) is 8.09. The molecule has 54 heavy (non-hydrogen) atoms. The molecule has 2 nitrogen and oxygen atoms in total. The fraction of sp³-hybridized carbons (Fsp3) is 0. The lowest BCUT2D eigenvalue weighted by molar-refractivity contribution is 1.19. The Morgan fingerprint density at radius 2 is 0.889 bits per heavy atom. The number of anilines is 3. The largest absolute Gasteiger partial charge is 0.310 e. The second-order valence-electron chi connectivity index (χ2n) is 13.8. The Hall–Kier alpha value is -7.16. The third-order valence-electron chi connectivity index (χ3n) is 10.5. The van der Waals surface area contributed by atoms with Crippen molar-refractivity contribution in [3.05, 3.63) is 218 Å². The first-order valence-electron chi connectivity index (χ1n) is 18.5. The van der Waals surface area contributed by atoms with Crippen molar-refractivity contribution >= 4 is 49.6 Å². The van der Waals surface area contributed by atoms with Gasteiger partial charge < -0.3 is 9.47 Å². The summed E-state index contributed by atoms with van der Waals surface area (Å²) in [4.78, 5) is 2.39. The SMILES string of the molecule is c1ccc(-c2cc(-c3ccccc3)cc(N(c3ccccc3)c3cccc(-c4cccc5c4c4ccc6ccccc6c4n5-c4ccccc4)c3)c2)cc1. The molecule has 0 bridgehead atoms. The van der Waals surface area contributed by atoms with E-state index in [9.17, 15) is 0 Å². The number of hydrogen-bond donors (Lipinski definition) is 0. The molecule has 1 heterocycles. The Labute approximate surface area is 315 Å². The van der Waals surface area contributed by atoms with E-state index in [0.717, 1.165) is 22.7 Å². The summed E-state index contributed by atoms with van der Waals surface area (Å²) in [6.07, 6.45) is 0. The van der Waals surface area contributed by atoms with Crippen molar-refractivity contribution in [2.24, 2.45) is 0 Å². The summed E-state index contributed by atoms with van der Waals surface area (Å²) in [7, 11) is 0. The molecule has 0 aliphatic carbocycles. The molecular formula is C52H36N2. The molecule has 0 unspecified atom stereocenters. The third kappa shape index (κ3) is 5.53. The van der Waals surface area contributed by atoms with Crippen LogP contribution >= 0.6 is 0 Å². The van der Waals surface area contributed by atoms with E-state index < -0.39 is 0 Å². The monoisotopic (exact) mass is 688 g/mol. The van der Waals surface area contributed by atoms with Gasteiger partial charge in [0.05, 0.1) is 11.0 Å². The zero-order valence-corrected chi connectivity index (χ0v) is 29.7. The first-order valence-corrected chi connectivity index (χ1v) is 18.5. The minimum Gasteiger partial charge on any atom is -0.310 e. The average molecular weight is 689 g/mol. The lowest BCUT2D eigenvalue weighted by Gasteiger charge is -2.27. The molecule has 2 heteroatoms. The normalized spacial score (nSPS) is 11.3. The van der Waals surface area contributed by atoms with Crippen LogP contribution in [0.2, 0.25) is 0 Å². The van der Waals surface area contributed by atoms with Crippen molar-refractivity contribution in [2.45, 2.75) is 0 Å². The predicted octanol–water partition coefficient (Wildman–Crippen LogP) is 14.4. The van der Waals surface area contributed by atoms with Crippen LogP contribution in [-0.4, -0.2) is 4.57 Å². The average Bonchev–Trinajstić information content (AvgIpc) is 3.60. The Balaban J connectivity index is 1.21. The molecule has 0 N–H and O–H groups in total. The molecule has 1 aromatic heterocycles.